The van der Waals surface area contributed by atoms with Gasteiger partial charge in [-0.25, -0.2) is 17.2 Å². The van der Waals surface area contributed by atoms with E-state index in [2.05, 4.69) is 20.6 Å². The van der Waals surface area contributed by atoms with Crippen LogP contribution in [0.4, 0.5) is 20.5 Å². The van der Waals surface area contributed by atoms with Gasteiger partial charge in [0.05, 0.1) is 10.6 Å². The highest BCUT2D eigenvalue weighted by molar-refractivity contribution is 7.91. The molecule has 13 heteroatoms. The van der Waals surface area contributed by atoms with Crippen molar-refractivity contribution in [2.45, 2.75) is 75.2 Å². The Morgan fingerprint density at radius 2 is 2.03 bits per heavy atom. The third-order valence-corrected chi connectivity index (χ3v) is 11.1. The van der Waals surface area contributed by atoms with Crippen LogP contribution in [-0.2, 0) is 40.9 Å². The van der Waals surface area contributed by atoms with E-state index in [0.717, 1.165) is 42.5 Å². The van der Waals surface area contributed by atoms with Gasteiger partial charge in [0.25, 0.3) is 6.43 Å². The molecule has 3 aliphatic rings. The van der Waals surface area contributed by atoms with Crippen LogP contribution in [0, 0.1) is 11.8 Å². The van der Waals surface area contributed by atoms with Gasteiger partial charge in [0.15, 0.2) is 9.84 Å². The molecule has 2 saturated carbocycles. The first-order valence-electron chi connectivity index (χ1n) is 13.1. The second kappa shape index (κ2) is 9.82. The van der Waals surface area contributed by atoms with Gasteiger partial charge < -0.3 is 5.32 Å². The Balaban J connectivity index is 1.29. The molecule has 2 fully saturated rings. The number of hydrogen-bond donors (Lipinski definition) is 1. The van der Waals surface area contributed by atoms with Crippen molar-refractivity contribution < 1.29 is 22.0 Å². The highest BCUT2D eigenvalue weighted by Crippen LogP contribution is 2.44. The molecule has 0 radical (unpaired) electrons. The summed E-state index contributed by atoms with van der Waals surface area (Å²) in [6, 6.07) is 1.15. The number of hydrogen-bond acceptors (Lipinski definition) is 8. The van der Waals surface area contributed by atoms with Crippen LogP contribution in [0.15, 0.2) is 17.3 Å². The first-order valence-corrected chi connectivity index (χ1v) is 15.5. The number of halogens is 2. The summed E-state index contributed by atoms with van der Waals surface area (Å²) in [6.07, 6.45) is 5.62. The number of thiophene rings is 1. The number of ketones is 1. The van der Waals surface area contributed by atoms with Crippen molar-refractivity contribution in [3.63, 3.8) is 0 Å². The Kier molecular flexibility index (Phi) is 6.61. The third kappa shape index (κ3) is 5.14. The van der Waals surface area contributed by atoms with Crippen molar-refractivity contribution in [2.75, 3.05) is 11.1 Å². The van der Waals surface area contributed by atoms with Gasteiger partial charge in [0.2, 0.25) is 5.95 Å². The number of aryl methyl sites for hydroxylation is 2. The molecule has 0 unspecified atom stereocenters. The summed E-state index contributed by atoms with van der Waals surface area (Å²) >= 11 is 1.49. The van der Waals surface area contributed by atoms with E-state index in [-0.39, 0.29) is 35.6 Å². The number of nitrogens with zero attached hydrogens (tertiary/aromatic N) is 5. The molecule has 0 saturated heterocycles. The minimum atomic E-state index is -3.54. The lowest BCUT2D eigenvalue weighted by molar-refractivity contribution is -0.119. The highest BCUT2D eigenvalue weighted by Gasteiger charge is 2.37. The molecular weight excluding hydrogens is 534 g/mol. The van der Waals surface area contributed by atoms with Gasteiger partial charge in [0.1, 0.15) is 23.6 Å². The van der Waals surface area contributed by atoms with Crippen molar-refractivity contribution in [3.05, 3.63) is 33.4 Å². The van der Waals surface area contributed by atoms with Crippen LogP contribution < -0.4 is 5.32 Å². The Labute approximate surface area is 223 Å². The predicted molar refractivity (Wildman–Crippen MR) is 138 cm³/mol. The van der Waals surface area contributed by atoms with E-state index in [0.29, 0.717) is 46.7 Å². The standard InChI is InChI=1S/C25H30F2N6O3S2/c1-32-22(11-18(31-32)24(26)27)29-25-30-28-13-33(25)16-6-7-20-17(10-16)23(38(35,36)9-8-14-2-3-14)21(37-20)12-19(34)15-4-5-15/h11,13-16,24H,2-10,12H2,1H3,(H,29,30)/t16-/m0/s1. The van der Waals surface area contributed by atoms with E-state index in [1.54, 1.807) is 13.4 Å². The number of carbonyl (C=O) groups excluding carboxylic acids is 1. The molecule has 0 spiro atoms. The lowest BCUT2D eigenvalue weighted by Gasteiger charge is -2.25. The Hall–Kier alpha value is -2.67. The lowest BCUT2D eigenvalue weighted by atomic mass is 9.93. The Morgan fingerprint density at radius 1 is 1.24 bits per heavy atom. The molecule has 204 valence electrons. The molecule has 1 N–H and O–H groups in total. The number of carbonyl (C=O) groups is 1. The highest BCUT2D eigenvalue weighted by atomic mass is 32.2. The molecule has 0 aliphatic heterocycles. The van der Waals surface area contributed by atoms with Gasteiger partial charge in [-0.3, -0.25) is 14.0 Å². The molecule has 9 nitrogen and oxygen atoms in total. The Bertz CT molecular complexity index is 1470. The summed E-state index contributed by atoms with van der Waals surface area (Å²) in [4.78, 5) is 14.8. The van der Waals surface area contributed by atoms with Crippen molar-refractivity contribution in [1.82, 2.24) is 24.5 Å². The van der Waals surface area contributed by atoms with Gasteiger partial charge in [-0.2, -0.15) is 5.10 Å². The van der Waals surface area contributed by atoms with Crippen molar-refractivity contribution in [3.8, 4) is 0 Å². The molecule has 1 atom stereocenters. The number of fused-ring (bicyclic) bond motifs is 1. The zero-order valence-corrected chi connectivity index (χ0v) is 22.7. The van der Waals surface area contributed by atoms with Crippen LogP contribution in [0.5, 0.6) is 0 Å². The topological polar surface area (TPSA) is 112 Å². The Morgan fingerprint density at radius 3 is 2.71 bits per heavy atom. The first-order chi connectivity index (χ1) is 18.2. The second-order valence-electron chi connectivity index (χ2n) is 10.7. The van der Waals surface area contributed by atoms with Crippen LogP contribution in [0.2, 0.25) is 0 Å². The van der Waals surface area contributed by atoms with E-state index >= 15 is 0 Å². The maximum Gasteiger partial charge on any atom is 0.282 e. The van der Waals surface area contributed by atoms with Gasteiger partial charge in [0, 0.05) is 41.2 Å². The monoisotopic (exact) mass is 564 g/mol. The molecular formula is C25H30F2N6O3S2. The largest absolute Gasteiger partial charge is 0.309 e. The van der Waals surface area contributed by atoms with Gasteiger partial charge in [-0.05, 0) is 50.0 Å². The fraction of sp³-hybridized carbons (Fsp3) is 0.600. The first kappa shape index (κ1) is 25.6. The number of Topliss-reactive ketones (excluding diaryl/α,β-unsaturated/α-hetero) is 1. The summed E-state index contributed by atoms with van der Waals surface area (Å²) in [6.45, 7) is 0. The normalized spacial score (nSPS) is 19.6. The lowest BCUT2D eigenvalue weighted by Crippen LogP contribution is -2.21. The molecule has 0 aromatic carbocycles. The molecule has 3 heterocycles. The van der Waals surface area contributed by atoms with Crippen LogP contribution in [0.1, 0.15) is 72.0 Å². The van der Waals surface area contributed by atoms with Gasteiger partial charge in [-0.1, -0.05) is 12.8 Å². The molecule has 0 bridgehead atoms. The number of nitrogens with one attached hydrogen (secondary N) is 1. The van der Waals surface area contributed by atoms with Crippen molar-refractivity contribution >= 4 is 38.7 Å². The van der Waals surface area contributed by atoms with Crippen molar-refractivity contribution in [2.24, 2.45) is 18.9 Å². The quantitative estimate of drug-likeness (QED) is 0.363. The average molecular weight is 565 g/mol. The van der Waals surface area contributed by atoms with E-state index in [4.69, 9.17) is 0 Å². The summed E-state index contributed by atoms with van der Waals surface area (Å²) in [5, 5.41) is 15.1. The molecule has 38 heavy (non-hydrogen) atoms. The van der Waals surface area contributed by atoms with Crippen LogP contribution >= 0.6 is 11.3 Å². The molecule has 6 rings (SSSR count). The summed E-state index contributed by atoms with van der Waals surface area (Å²) in [5.74, 6) is 1.55. The summed E-state index contributed by atoms with van der Waals surface area (Å²) in [5.41, 5.74) is 0.483. The third-order valence-electron chi connectivity index (χ3n) is 7.75. The second-order valence-corrected chi connectivity index (χ2v) is 13.9. The molecule has 3 aromatic heterocycles. The maximum atomic E-state index is 13.7. The van der Waals surface area contributed by atoms with Gasteiger partial charge in [-0.15, -0.1) is 21.5 Å². The predicted octanol–water partition coefficient (Wildman–Crippen LogP) is 4.58. The molecule has 0 amide bonds. The number of alkyl halides is 2. The van der Waals surface area contributed by atoms with E-state index in [1.165, 1.54) is 22.1 Å². The van der Waals surface area contributed by atoms with E-state index in [1.807, 2.05) is 4.57 Å². The number of anilines is 2. The van der Waals surface area contributed by atoms with E-state index < -0.39 is 16.3 Å². The number of rotatable bonds is 11. The van der Waals surface area contributed by atoms with Crippen LogP contribution in [-0.4, -0.2) is 44.5 Å². The minimum Gasteiger partial charge on any atom is -0.309 e. The SMILES string of the molecule is Cn1nc(C(F)F)cc1Nc1nncn1[C@H]1CCc2sc(CC(=O)C3CC3)c(S(=O)(=O)CCC3CC3)c2C1. The summed E-state index contributed by atoms with van der Waals surface area (Å²) < 4.78 is 56.7. The van der Waals surface area contributed by atoms with Crippen molar-refractivity contribution in [1.29, 1.82) is 0 Å². The number of aromatic nitrogens is 5. The maximum absolute atomic E-state index is 13.7. The summed E-state index contributed by atoms with van der Waals surface area (Å²) in [7, 11) is -1.97. The minimum absolute atomic E-state index is 0.0761. The van der Waals surface area contributed by atoms with Crippen LogP contribution in [0.3, 0.4) is 0 Å². The fourth-order valence-electron chi connectivity index (χ4n) is 5.28. The van der Waals surface area contributed by atoms with E-state index in [9.17, 15) is 22.0 Å². The fourth-order valence-corrected chi connectivity index (χ4v) is 8.95. The number of sulfone groups is 1. The van der Waals surface area contributed by atoms with Gasteiger partial charge >= 0.3 is 0 Å². The average Bonchev–Trinajstić information content (AvgIpc) is 3.78. The zero-order chi connectivity index (χ0) is 26.6. The van der Waals surface area contributed by atoms with Crippen LogP contribution in [0.25, 0.3) is 0 Å². The smallest absolute Gasteiger partial charge is 0.282 e. The molecule has 3 aliphatic carbocycles. The molecule has 3 aromatic rings. The zero-order valence-electron chi connectivity index (χ0n) is 21.1.